The average Bonchev–Trinajstić information content (AvgIpc) is 2.66. The van der Waals surface area contributed by atoms with Gasteiger partial charge in [-0.3, -0.25) is 4.68 Å². The molecule has 4 heteroatoms. The van der Waals surface area contributed by atoms with Crippen LogP contribution in [0.4, 0.5) is 5.82 Å². The Kier molecular flexibility index (Phi) is 2.97. The minimum absolute atomic E-state index is 0.878. The number of pyridine rings is 1. The van der Waals surface area contributed by atoms with Crippen molar-refractivity contribution in [2.24, 2.45) is 7.05 Å². The number of nitrogens with zero attached hydrogens (tertiary/aromatic N) is 3. The van der Waals surface area contributed by atoms with Crippen molar-refractivity contribution < 1.29 is 0 Å². The van der Waals surface area contributed by atoms with Crippen LogP contribution in [0.2, 0.25) is 0 Å². The van der Waals surface area contributed by atoms with Crippen LogP contribution >= 0.6 is 0 Å². The van der Waals surface area contributed by atoms with Crippen molar-refractivity contribution in [2.45, 2.75) is 6.42 Å². The van der Waals surface area contributed by atoms with E-state index in [2.05, 4.69) is 15.4 Å². The Labute approximate surface area is 89.0 Å². The Morgan fingerprint density at radius 1 is 1.40 bits per heavy atom. The molecule has 0 aliphatic heterocycles. The zero-order chi connectivity index (χ0) is 10.5. The van der Waals surface area contributed by atoms with E-state index in [1.807, 2.05) is 42.3 Å². The Balaban J connectivity index is 1.80. The maximum Gasteiger partial charge on any atom is 0.125 e. The van der Waals surface area contributed by atoms with Gasteiger partial charge in [-0.2, -0.15) is 5.10 Å². The van der Waals surface area contributed by atoms with Crippen LogP contribution in [0.1, 0.15) is 5.56 Å². The number of rotatable bonds is 4. The van der Waals surface area contributed by atoms with Crippen LogP contribution in [0.15, 0.2) is 36.8 Å². The first kappa shape index (κ1) is 9.71. The smallest absolute Gasteiger partial charge is 0.125 e. The van der Waals surface area contributed by atoms with Crippen LogP contribution in [-0.2, 0) is 13.5 Å². The molecule has 0 atom stereocenters. The number of aromatic nitrogens is 3. The molecule has 2 aromatic rings. The van der Waals surface area contributed by atoms with Crippen molar-refractivity contribution in [3.63, 3.8) is 0 Å². The largest absolute Gasteiger partial charge is 0.370 e. The first-order valence-corrected chi connectivity index (χ1v) is 4.97. The quantitative estimate of drug-likeness (QED) is 0.816. The monoisotopic (exact) mass is 202 g/mol. The highest BCUT2D eigenvalue weighted by molar-refractivity contribution is 5.33. The van der Waals surface area contributed by atoms with Gasteiger partial charge in [-0.05, 0) is 24.1 Å². The van der Waals surface area contributed by atoms with Gasteiger partial charge in [-0.25, -0.2) is 4.98 Å². The van der Waals surface area contributed by atoms with Crippen molar-refractivity contribution in [3.8, 4) is 0 Å². The maximum atomic E-state index is 4.18. The van der Waals surface area contributed by atoms with Gasteiger partial charge in [0.2, 0.25) is 0 Å². The molecule has 1 N–H and O–H groups in total. The van der Waals surface area contributed by atoms with Crippen LogP contribution in [0.25, 0.3) is 0 Å². The molecule has 0 spiro atoms. The molecule has 2 aromatic heterocycles. The second-order valence-electron chi connectivity index (χ2n) is 3.41. The van der Waals surface area contributed by atoms with Gasteiger partial charge < -0.3 is 5.32 Å². The summed E-state index contributed by atoms with van der Waals surface area (Å²) in [7, 11) is 1.93. The highest BCUT2D eigenvalue weighted by Gasteiger charge is 1.96. The third-order valence-electron chi connectivity index (χ3n) is 2.14. The molecule has 0 aliphatic carbocycles. The third kappa shape index (κ3) is 2.80. The number of hydrogen-bond donors (Lipinski definition) is 1. The standard InChI is InChI=1S/C11H14N4/c1-15-9-10(8-14-15)5-7-13-11-4-2-3-6-12-11/h2-4,6,8-9H,5,7H2,1H3,(H,12,13). The maximum absolute atomic E-state index is 4.18. The molecule has 78 valence electrons. The van der Waals surface area contributed by atoms with Crippen molar-refractivity contribution >= 4 is 5.82 Å². The van der Waals surface area contributed by atoms with E-state index in [0.29, 0.717) is 0 Å². The molecule has 2 heterocycles. The number of nitrogens with one attached hydrogen (secondary N) is 1. The molecule has 0 fully saturated rings. The van der Waals surface area contributed by atoms with Crippen LogP contribution in [0.3, 0.4) is 0 Å². The van der Waals surface area contributed by atoms with Crippen LogP contribution in [-0.4, -0.2) is 21.3 Å². The zero-order valence-electron chi connectivity index (χ0n) is 8.72. The summed E-state index contributed by atoms with van der Waals surface area (Å²) in [6, 6.07) is 5.84. The normalized spacial score (nSPS) is 10.2. The van der Waals surface area contributed by atoms with Gasteiger partial charge in [0, 0.05) is 26.0 Å². The Hall–Kier alpha value is -1.84. The Bertz CT molecular complexity index is 408. The fourth-order valence-electron chi connectivity index (χ4n) is 1.40. The van der Waals surface area contributed by atoms with Gasteiger partial charge >= 0.3 is 0 Å². The molecule has 0 saturated carbocycles. The Morgan fingerprint density at radius 2 is 2.33 bits per heavy atom. The SMILES string of the molecule is Cn1cc(CCNc2ccccn2)cn1. The highest BCUT2D eigenvalue weighted by Crippen LogP contribution is 2.01. The summed E-state index contributed by atoms with van der Waals surface area (Å²) in [4.78, 5) is 4.18. The molecule has 0 bridgehead atoms. The van der Waals surface area contributed by atoms with E-state index in [1.165, 1.54) is 5.56 Å². The molecule has 0 radical (unpaired) electrons. The molecule has 0 saturated heterocycles. The van der Waals surface area contributed by atoms with Crippen molar-refractivity contribution in [1.82, 2.24) is 14.8 Å². The molecule has 0 aromatic carbocycles. The summed E-state index contributed by atoms with van der Waals surface area (Å²) >= 11 is 0. The van der Waals surface area contributed by atoms with E-state index >= 15 is 0 Å². The molecular weight excluding hydrogens is 188 g/mol. The molecule has 0 aliphatic rings. The van der Waals surface area contributed by atoms with E-state index < -0.39 is 0 Å². The summed E-state index contributed by atoms with van der Waals surface area (Å²) in [6.45, 7) is 0.878. The third-order valence-corrected chi connectivity index (χ3v) is 2.14. The van der Waals surface area contributed by atoms with Crippen molar-refractivity contribution in [2.75, 3.05) is 11.9 Å². The predicted molar refractivity (Wildman–Crippen MR) is 59.6 cm³/mol. The number of anilines is 1. The summed E-state index contributed by atoms with van der Waals surface area (Å²) in [5.74, 6) is 0.918. The first-order chi connectivity index (χ1) is 7.34. The second-order valence-corrected chi connectivity index (χ2v) is 3.41. The van der Waals surface area contributed by atoms with E-state index in [1.54, 1.807) is 6.20 Å². The van der Waals surface area contributed by atoms with Crippen LogP contribution in [0, 0.1) is 0 Å². The molecule has 4 nitrogen and oxygen atoms in total. The lowest BCUT2D eigenvalue weighted by Gasteiger charge is -2.02. The van der Waals surface area contributed by atoms with E-state index in [4.69, 9.17) is 0 Å². The molecular formula is C11H14N4. The topological polar surface area (TPSA) is 42.7 Å². The molecule has 0 amide bonds. The molecule has 2 rings (SSSR count). The summed E-state index contributed by atoms with van der Waals surface area (Å²) in [5.41, 5.74) is 1.24. The van der Waals surface area contributed by atoms with Crippen LogP contribution in [0.5, 0.6) is 0 Å². The molecule has 0 unspecified atom stereocenters. The predicted octanol–water partition coefficient (Wildman–Crippen LogP) is 1.47. The number of aryl methyl sites for hydroxylation is 1. The van der Waals surface area contributed by atoms with Gasteiger partial charge in [-0.15, -0.1) is 0 Å². The minimum Gasteiger partial charge on any atom is -0.370 e. The lowest BCUT2D eigenvalue weighted by Crippen LogP contribution is -2.05. The van der Waals surface area contributed by atoms with Crippen molar-refractivity contribution in [3.05, 3.63) is 42.4 Å². The van der Waals surface area contributed by atoms with E-state index in [-0.39, 0.29) is 0 Å². The van der Waals surface area contributed by atoms with E-state index in [9.17, 15) is 0 Å². The lowest BCUT2D eigenvalue weighted by atomic mass is 10.2. The van der Waals surface area contributed by atoms with Gasteiger partial charge in [0.15, 0.2) is 0 Å². The van der Waals surface area contributed by atoms with Gasteiger partial charge in [0.25, 0.3) is 0 Å². The first-order valence-electron chi connectivity index (χ1n) is 4.97. The second kappa shape index (κ2) is 4.59. The van der Waals surface area contributed by atoms with E-state index in [0.717, 1.165) is 18.8 Å². The van der Waals surface area contributed by atoms with Crippen molar-refractivity contribution in [1.29, 1.82) is 0 Å². The fourth-order valence-corrected chi connectivity index (χ4v) is 1.40. The molecule has 15 heavy (non-hydrogen) atoms. The lowest BCUT2D eigenvalue weighted by molar-refractivity contribution is 0.767. The fraction of sp³-hybridized carbons (Fsp3) is 0.273. The Morgan fingerprint density at radius 3 is 3.00 bits per heavy atom. The average molecular weight is 202 g/mol. The van der Waals surface area contributed by atoms with Crippen LogP contribution < -0.4 is 5.32 Å². The number of hydrogen-bond acceptors (Lipinski definition) is 3. The summed E-state index contributed by atoms with van der Waals surface area (Å²) < 4.78 is 1.82. The minimum atomic E-state index is 0.878. The summed E-state index contributed by atoms with van der Waals surface area (Å²) in [5, 5.41) is 7.37. The summed E-state index contributed by atoms with van der Waals surface area (Å²) in [6.07, 6.45) is 6.66. The van der Waals surface area contributed by atoms with Gasteiger partial charge in [0.1, 0.15) is 5.82 Å². The highest BCUT2D eigenvalue weighted by atomic mass is 15.2. The van der Waals surface area contributed by atoms with Gasteiger partial charge in [-0.1, -0.05) is 6.07 Å². The van der Waals surface area contributed by atoms with Gasteiger partial charge in [0.05, 0.1) is 6.20 Å². The zero-order valence-corrected chi connectivity index (χ0v) is 8.72.